The lowest BCUT2D eigenvalue weighted by Gasteiger charge is -2.57. The number of carbonyl (C=O) groups excluding carboxylic acids is 1. The minimum Gasteiger partial charge on any atom is -0.341 e. The number of rotatable bonds is 4. The van der Waals surface area contributed by atoms with Gasteiger partial charge in [0.15, 0.2) is 0 Å². The van der Waals surface area contributed by atoms with Gasteiger partial charge in [-0.05, 0) is 86.3 Å². The number of nitrogens with zero attached hydrogens (tertiary/aromatic N) is 1. The molecule has 1 aromatic carbocycles. The lowest BCUT2D eigenvalue weighted by molar-refractivity contribution is -0.0629. The van der Waals surface area contributed by atoms with E-state index < -0.39 is 10.0 Å². The largest absolute Gasteiger partial charge is 0.341 e. The summed E-state index contributed by atoms with van der Waals surface area (Å²) in [7, 11) is -1.98. The maximum absolute atomic E-state index is 12.9. The van der Waals surface area contributed by atoms with E-state index in [1.165, 1.54) is 44.6 Å². The number of amides is 1. The first kappa shape index (κ1) is 18.0. The van der Waals surface area contributed by atoms with Crippen LogP contribution in [-0.4, -0.2) is 32.8 Å². The molecule has 142 valence electrons. The van der Waals surface area contributed by atoms with Gasteiger partial charge >= 0.3 is 0 Å². The van der Waals surface area contributed by atoms with E-state index in [2.05, 4.69) is 0 Å². The van der Waals surface area contributed by atoms with E-state index in [1.54, 1.807) is 24.0 Å². The summed E-state index contributed by atoms with van der Waals surface area (Å²) >= 11 is 0. The van der Waals surface area contributed by atoms with E-state index in [0.29, 0.717) is 11.1 Å². The molecule has 5 rings (SSSR count). The fourth-order valence-electron chi connectivity index (χ4n) is 6.32. The summed E-state index contributed by atoms with van der Waals surface area (Å²) in [5, 5.41) is 5.29. The number of aryl methyl sites for hydroxylation is 1. The molecule has 0 aromatic heterocycles. The molecule has 26 heavy (non-hydrogen) atoms. The van der Waals surface area contributed by atoms with Gasteiger partial charge in [0.25, 0.3) is 5.91 Å². The molecule has 4 saturated carbocycles. The Kier molecular flexibility index (Phi) is 4.19. The highest BCUT2D eigenvalue weighted by atomic mass is 32.2. The van der Waals surface area contributed by atoms with Crippen LogP contribution in [0.15, 0.2) is 23.1 Å². The maximum atomic E-state index is 12.9. The molecule has 0 spiro atoms. The molecule has 0 radical (unpaired) electrons. The van der Waals surface area contributed by atoms with Crippen LogP contribution in [0.25, 0.3) is 0 Å². The SMILES string of the molecule is Cc1ccc(C(=O)N(C)CC23CC4CC(CC(C4)C2)C3)cc1S(N)(=O)=O. The molecule has 4 aliphatic rings. The lowest BCUT2D eigenvalue weighted by atomic mass is 9.49. The molecular formula is C20H28N2O3S. The molecule has 0 aliphatic heterocycles. The predicted molar refractivity (Wildman–Crippen MR) is 100 cm³/mol. The molecule has 6 heteroatoms. The fraction of sp³-hybridized carbons (Fsp3) is 0.650. The Labute approximate surface area is 156 Å². The first-order valence-electron chi connectivity index (χ1n) is 9.54. The molecule has 4 aliphatic carbocycles. The maximum Gasteiger partial charge on any atom is 0.253 e. The van der Waals surface area contributed by atoms with Crippen LogP contribution in [0.2, 0.25) is 0 Å². The molecule has 0 unspecified atom stereocenters. The third-order valence-electron chi connectivity index (χ3n) is 6.83. The molecule has 4 fully saturated rings. The predicted octanol–water partition coefficient (Wildman–Crippen LogP) is 2.93. The van der Waals surface area contributed by atoms with Gasteiger partial charge in [-0.25, -0.2) is 13.6 Å². The normalized spacial score (nSPS) is 32.7. The van der Waals surface area contributed by atoms with Crippen molar-refractivity contribution in [3.05, 3.63) is 29.3 Å². The Bertz CT molecular complexity index is 811. The molecule has 5 nitrogen and oxygen atoms in total. The summed E-state index contributed by atoms with van der Waals surface area (Å²) in [6.45, 7) is 2.46. The molecule has 1 amide bonds. The lowest BCUT2D eigenvalue weighted by Crippen LogP contribution is -2.51. The first-order chi connectivity index (χ1) is 12.2. The van der Waals surface area contributed by atoms with Gasteiger partial charge in [0, 0.05) is 19.2 Å². The van der Waals surface area contributed by atoms with Gasteiger partial charge in [-0.1, -0.05) is 6.07 Å². The number of carbonyl (C=O) groups is 1. The van der Waals surface area contributed by atoms with Crippen molar-refractivity contribution in [2.45, 2.75) is 50.3 Å². The molecule has 1 aromatic rings. The number of nitrogens with two attached hydrogens (primary N) is 1. The number of primary sulfonamides is 1. The van der Waals surface area contributed by atoms with Gasteiger partial charge in [0.05, 0.1) is 4.90 Å². The van der Waals surface area contributed by atoms with Crippen molar-refractivity contribution in [2.24, 2.45) is 28.3 Å². The second-order valence-corrected chi connectivity index (χ2v) is 10.6. The minimum atomic E-state index is -3.83. The highest BCUT2D eigenvalue weighted by molar-refractivity contribution is 7.89. The van der Waals surface area contributed by atoms with Crippen LogP contribution in [0.4, 0.5) is 0 Å². The van der Waals surface area contributed by atoms with E-state index in [0.717, 1.165) is 24.3 Å². The second kappa shape index (κ2) is 6.06. The Morgan fingerprint density at radius 1 is 1.15 bits per heavy atom. The van der Waals surface area contributed by atoms with Crippen molar-refractivity contribution in [3.63, 3.8) is 0 Å². The van der Waals surface area contributed by atoms with Crippen LogP contribution in [-0.2, 0) is 10.0 Å². The Morgan fingerprint density at radius 3 is 2.19 bits per heavy atom. The Balaban J connectivity index is 1.54. The van der Waals surface area contributed by atoms with E-state index in [9.17, 15) is 13.2 Å². The van der Waals surface area contributed by atoms with E-state index in [4.69, 9.17) is 5.14 Å². The zero-order chi connectivity index (χ0) is 18.7. The van der Waals surface area contributed by atoms with Crippen LogP contribution in [0, 0.1) is 30.1 Å². The Morgan fingerprint density at radius 2 is 1.69 bits per heavy atom. The Hall–Kier alpha value is -1.40. The summed E-state index contributed by atoms with van der Waals surface area (Å²) in [6, 6.07) is 4.78. The van der Waals surface area contributed by atoms with Gasteiger partial charge in [-0.3, -0.25) is 4.79 Å². The summed E-state index contributed by atoms with van der Waals surface area (Å²) < 4.78 is 23.5. The van der Waals surface area contributed by atoms with Gasteiger partial charge in [-0.2, -0.15) is 0 Å². The third-order valence-corrected chi connectivity index (χ3v) is 7.88. The second-order valence-electron chi connectivity index (χ2n) is 9.10. The van der Waals surface area contributed by atoms with Crippen LogP contribution >= 0.6 is 0 Å². The summed E-state index contributed by atoms with van der Waals surface area (Å²) in [5.74, 6) is 2.42. The smallest absolute Gasteiger partial charge is 0.253 e. The van der Waals surface area contributed by atoms with E-state index in [1.807, 2.05) is 7.05 Å². The van der Waals surface area contributed by atoms with E-state index >= 15 is 0 Å². The van der Waals surface area contributed by atoms with Gasteiger partial charge < -0.3 is 4.90 Å². The number of benzene rings is 1. The van der Waals surface area contributed by atoms with Crippen molar-refractivity contribution >= 4 is 15.9 Å². The average molecular weight is 377 g/mol. The molecule has 0 heterocycles. The summed E-state index contributed by atoms with van der Waals surface area (Å²) in [5.41, 5.74) is 1.23. The zero-order valence-electron chi connectivity index (χ0n) is 15.6. The molecule has 2 N–H and O–H groups in total. The van der Waals surface area contributed by atoms with Crippen LogP contribution in [0.3, 0.4) is 0 Å². The van der Waals surface area contributed by atoms with Crippen molar-refractivity contribution in [2.75, 3.05) is 13.6 Å². The van der Waals surface area contributed by atoms with Crippen molar-refractivity contribution in [1.29, 1.82) is 0 Å². The zero-order valence-corrected chi connectivity index (χ0v) is 16.4. The third kappa shape index (κ3) is 3.18. The topological polar surface area (TPSA) is 80.5 Å². The quantitative estimate of drug-likeness (QED) is 0.877. The molecule has 0 atom stereocenters. The number of hydrogen-bond donors (Lipinski definition) is 1. The minimum absolute atomic E-state index is 0.0338. The van der Waals surface area contributed by atoms with Crippen LogP contribution in [0.5, 0.6) is 0 Å². The van der Waals surface area contributed by atoms with Gasteiger partial charge in [0.2, 0.25) is 10.0 Å². The highest BCUT2D eigenvalue weighted by Gasteiger charge is 2.51. The van der Waals surface area contributed by atoms with Crippen molar-refractivity contribution in [3.8, 4) is 0 Å². The molecular weight excluding hydrogens is 348 g/mol. The summed E-state index contributed by atoms with van der Waals surface area (Å²) in [4.78, 5) is 14.8. The monoisotopic (exact) mass is 376 g/mol. The number of sulfonamides is 1. The van der Waals surface area contributed by atoms with Crippen molar-refractivity contribution < 1.29 is 13.2 Å². The standard InChI is InChI=1S/C20H28N2O3S/c1-13-3-4-17(8-18(13)26(21,24)25)19(23)22(2)12-20-9-14-5-15(10-20)7-16(6-14)11-20/h3-4,8,14-16H,5-7,9-12H2,1-2H3,(H2,21,24,25). The highest BCUT2D eigenvalue weighted by Crippen LogP contribution is 2.60. The van der Waals surface area contributed by atoms with E-state index in [-0.39, 0.29) is 16.2 Å². The first-order valence-corrected chi connectivity index (χ1v) is 11.1. The van der Waals surface area contributed by atoms with Gasteiger partial charge in [0.1, 0.15) is 0 Å². The number of hydrogen-bond acceptors (Lipinski definition) is 3. The molecule has 4 bridgehead atoms. The van der Waals surface area contributed by atoms with Gasteiger partial charge in [-0.15, -0.1) is 0 Å². The van der Waals surface area contributed by atoms with Crippen molar-refractivity contribution in [1.82, 2.24) is 4.90 Å². The summed E-state index contributed by atoms with van der Waals surface area (Å²) in [6.07, 6.45) is 7.87. The fourth-order valence-corrected chi connectivity index (χ4v) is 7.13. The van der Waals surface area contributed by atoms with Crippen LogP contribution in [0.1, 0.15) is 54.4 Å². The molecule has 0 saturated heterocycles. The average Bonchev–Trinajstić information content (AvgIpc) is 2.51. The van der Waals surface area contributed by atoms with Crippen LogP contribution < -0.4 is 5.14 Å².